The molecule has 0 aliphatic rings. The highest BCUT2D eigenvalue weighted by atomic mass is 19.4. The molecule has 0 radical (unpaired) electrons. The Morgan fingerprint density at radius 2 is 2.12 bits per heavy atom. The van der Waals surface area contributed by atoms with Gasteiger partial charge in [0.2, 0.25) is 5.95 Å². The second-order valence-corrected chi connectivity index (χ2v) is 3.69. The number of alkyl halides is 3. The average Bonchev–Trinajstić information content (AvgIpc) is 2.54. The summed E-state index contributed by atoms with van der Waals surface area (Å²) in [5, 5.41) is 0. The van der Waals surface area contributed by atoms with Crippen molar-refractivity contribution in [1.82, 2.24) is 14.5 Å². The summed E-state index contributed by atoms with van der Waals surface area (Å²) in [6.45, 7) is 0.166. The zero-order chi connectivity index (χ0) is 12.5. The van der Waals surface area contributed by atoms with Crippen molar-refractivity contribution in [2.75, 3.05) is 5.73 Å². The summed E-state index contributed by atoms with van der Waals surface area (Å²) in [6, 6.07) is 3.42. The van der Waals surface area contributed by atoms with E-state index in [1.165, 1.54) is 4.57 Å². The van der Waals surface area contributed by atoms with E-state index in [1.807, 2.05) is 0 Å². The number of pyridine rings is 1. The van der Waals surface area contributed by atoms with Crippen LogP contribution in [0.4, 0.5) is 19.1 Å². The number of nitrogens with zero attached hydrogens (tertiary/aromatic N) is 3. The number of anilines is 1. The number of halogens is 3. The lowest BCUT2D eigenvalue weighted by Gasteiger charge is -2.07. The molecule has 0 aliphatic carbocycles. The van der Waals surface area contributed by atoms with Gasteiger partial charge in [0.05, 0.1) is 0 Å². The normalized spacial score (nSPS) is 12.2. The Morgan fingerprint density at radius 3 is 2.82 bits per heavy atom. The third kappa shape index (κ3) is 2.66. The van der Waals surface area contributed by atoms with Gasteiger partial charge in [0.15, 0.2) is 5.65 Å². The fraction of sp³-hybridized carbons (Fsp3) is 0.400. The summed E-state index contributed by atoms with van der Waals surface area (Å²) in [6.07, 6.45) is -3.45. The summed E-state index contributed by atoms with van der Waals surface area (Å²) in [7, 11) is 0. The van der Waals surface area contributed by atoms with Crippen LogP contribution < -0.4 is 5.73 Å². The van der Waals surface area contributed by atoms with Gasteiger partial charge in [0.25, 0.3) is 0 Å². The lowest BCUT2D eigenvalue weighted by atomic mass is 10.3. The number of hydrogen-bond donors (Lipinski definition) is 1. The molecule has 2 heterocycles. The molecule has 0 bridgehead atoms. The predicted octanol–water partition coefficient (Wildman–Crippen LogP) is 2.36. The molecule has 2 aromatic rings. The van der Waals surface area contributed by atoms with E-state index in [0.29, 0.717) is 11.2 Å². The Morgan fingerprint density at radius 1 is 1.35 bits per heavy atom. The highest BCUT2D eigenvalue weighted by Crippen LogP contribution is 2.23. The van der Waals surface area contributed by atoms with E-state index in [4.69, 9.17) is 5.73 Å². The Kier molecular flexibility index (Phi) is 2.91. The Labute approximate surface area is 95.3 Å². The van der Waals surface area contributed by atoms with Crippen molar-refractivity contribution in [1.29, 1.82) is 0 Å². The molecule has 0 unspecified atom stereocenters. The SMILES string of the molecule is Nc1nc2cccnc2n1CCCC(F)(F)F. The first-order valence-corrected chi connectivity index (χ1v) is 5.11. The molecule has 0 saturated heterocycles. The number of imidazole rings is 1. The van der Waals surface area contributed by atoms with Crippen LogP contribution in [0, 0.1) is 0 Å². The standard InChI is InChI=1S/C10H11F3N4/c11-10(12,13)4-2-6-17-8-7(16-9(17)14)3-1-5-15-8/h1,3,5H,2,4,6H2,(H2,14,16). The van der Waals surface area contributed by atoms with E-state index in [2.05, 4.69) is 9.97 Å². The molecular weight excluding hydrogens is 233 g/mol. The third-order valence-electron chi connectivity index (χ3n) is 2.38. The van der Waals surface area contributed by atoms with E-state index in [9.17, 15) is 13.2 Å². The highest BCUT2D eigenvalue weighted by molar-refractivity contribution is 5.73. The molecule has 2 N–H and O–H groups in total. The van der Waals surface area contributed by atoms with Crippen LogP contribution in [-0.2, 0) is 6.54 Å². The third-order valence-corrected chi connectivity index (χ3v) is 2.38. The van der Waals surface area contributed by atoms with Crippen LogP contribution in [-0.4, -0.2) is 20.7 Å². The maximum absolute atomic E-state index is 12.0. The maximum Gasteiger partial charge on any atom is 0.389 e. The number of nitrogens with two attached hydrogens (primary N) is 1. The van der Waals surface area contributed by atoms with Gasteiger partial charge in [-0.15, -0.1) is 0 Å². The molecule has 2 aromatic heterocycles. The molecule has 0 spiro atoms. The largest absolute Gasteiger partial charge is 0.389 e. The van der Waals surface area contributed by atoms with Crippen molar-refractivity contribution in [3.05, 3.63) is 18.3 Å². The van der Waals surface area contributed by atoms with Crippen LogP contribution in [0.3, 0.4) is 0 Å². The van der Waals surface area contributed by atoms with Gasteiger partial charge in [-0.2, -0.15) is 13.2 Å². The predicted molar refractivity (Wildman–Crippen MR) is 57.2 cm³/mol. The Hall–Kier alpha value is -1.79. The van der Waals surface area contributed by atoms with Crippen molar-refractivity contribution in [2.45, 2.75) is 25.6 Å². The smallest absolute Gasteiger partial charge is 0.369 e. The topological polar surface area (TPSA) is 56.7 Å². The summed E-state index contributed by atoms with van der Waals surface area (Å²) in [4.78, 5) is 8.08. The van der Waals surface area contributed by atoms with E-state index in [-0.39, 0.29) is 18.9 Å². The summed E-state index contributed by atoms with van der Waals surface area (Å²) in [5.74, 6) is 0.195. The molecule has 92 valence electrons. The average molecular weight is 244 g/mol. The number of fused-ring (bicyclic) bond motifs is 1. The van der Waals surface area contributed by atoms with Gasteiger partial charge < -0.3 is 5.73 Å². The zero-order valence-electron chi connectivity index (χ0n) is 8.91. The van der Waals surface area contributed by atoms with Gasteiger partial charge in [0.1, 0.15) is 5.52 Å². The number of nitrogen functional groups attached to an aromatic ring is 1. The van der Waals surface area contributed by atoms with E-state index in [0.717, 1.165) is 0 Å². The minimum absolute atomic E-state index is 0.0320. The van der Waals surface area contributed by atoms with Gasteiger partial charge in [0, 0.05) is 19.2 Å². The zero-order valence-corrected chi connectivity index (χ0v) is 8.91. The van der Waals surface area contributed by atoms with E-state index >= 15 is 0 Å². The molecule has 4 nitrogen and oxygen atoms in total. The minimum atomic E-state index is -4.14. The number of rotatable bonds is 3. The van der Waals surface area contributed by atoms with Crippen LogP contribution >= 0.6 is 0 Å². The first-order chi connectivity index (χ1) is 7.97. The Balaban J connectivity index is 2.15. The van der Waals surface area contributed by atoms with Crippen molar-refractivity contribution in [3.63, 3.8) is 0 Å². The van der Waals surface area contributed by atoms with Crippen molar-refractivity contribution < 1.29 is 13.2 Å². The van der Waals surface area contributed by atoms with Crippen LogP contribution in [0.25, 0.3) is 11.2 Å². The number of aromatic nitrogens is 3. The first-order valence-electron chi connectivity index (χ1n) is 5.11. The van der Waals surface area contributed by atoms with Gasteiger partial charge in [-0.25, -0.2) is 9.97 Å². The molecule has 0 fully saturated rings. The molecular formula is C10H11F3N4. The van der Waals surface area contributed by atoms with Gasteiger partial charge in [-0.1, -0.05) is 0 Å². The molecule has 7 heteroatoms. The fourth-order valence-electron chi connectivity index (χ4n) is 1.63. The monoisotopic (exact) mass is 244 g/mol. The van der Waals surface area contributed by atoms with Crippen LogP contribution in [0.1, 0.15) is 12.8 Å². The first kappa shape index (κ1) is 11.7. The molecule has 0 saturated carbocycles. The highest BCUT2D eigenvalue weighted by Gasteiger charge is 2.26. The molecule has 0 amide bonds. The molecule has 0 aliphatic heterocycles. The molecule has 0 aromatic carbocycles. The molecule has 17 heavy (non-hydrogen) atoms. The van der Waals surface area contributed by atoms with Crippen molar-refractivity contribution in [2.24, 2.45) is 0 Å². The summed E-state index contributed by atoms with van der Waals surface area (Å²) in [5.41, 5.74) is 6.75. The quantitative estimate of drug-likeness (QED) is 0.901. The molecule has 2 rings (SSSR count). The second-order valence-electron chi connectivity index (χ2n) is 3.69. The lowest BCUT2D eigenvalue weighted by Crippen LogP contribution is -2.10. The van der Waals surface area contributed by atoms with Crippen molar-refractivity contribution >= 4 is 17.1 Å². The number of aryl methyl sites for hydroxylation is 1. The fourth-order valence-corrected chi connectivity index (χ4v) is 1.63. The minimum Gasteiger partial charge on any atom is -0.369 e. The second kappa shape index (κ2) is 4.23. The Bertz CT molecular complexity index is 518. The summed E-state index contributed by atoms with van der Waals surface area (Å²) < 4.78 is 37.6. The lowest BCUT2D eigenvalue weighted by molar-refractivity contribution is -0.135. The van der Waals surface area contributed by atoms with E-state index in [1.54, 1.807) is 18.3 Å². The maximum atomic E-state index is 12.0. The van der Waals surface area contributed by atoms with Gasteiger partial charge in [-0.3, -0.25) is 4.57 Å². The van der Waals surface area contributed by atoms with Crippen LogP contribution in [0.15, 0.2) is 18.3 Å². The summed E-state index contributed by atoms with van der Waals surface area (Å²) >= 11 is 0. The van der Waals surface area contributed by atoms with Crippen LogP contribution in [0.5, 0.6) is 0 Å². The van der Waals surface area contributed by atoms with Gasteiger partial charge >= 0.3 is 6.18 Å². The van der Waals surface area contributed by atoms with Crippen molar-refractivity contribution in [3.8, 4) is 0 Å². The molecule has 0 atom stereocenters. The number of hydrogen-bond acceptors (Lipinski definition) is 3. The van der Waals surface area contributed by atoms with E-state index < -0.39 is 12.6 Å². The van der Waals surface area contributed by atoms with Crippen LogP contribution in [0.2, 0.25) is 0 Å². The van der Waals surface area contributed by atoms with Gasteiger partial charge in [-0.05, 0) is 18.6 Å².